The standard InChI is InChI=1S/C14H24N2O4/c1-10-7-16(8-11(10)12(17)18)13(19)15(2)9-14(20)5-3-4-6-14/h10-11,20H,3-9H2,1-2H3,(H,17,18). The molecule has 6 heteroatoms. The number of carboxylic acid groups (broad SMARTS) is 1. The summed E-state index contributed by atoms with van der Waals surface area (Å²) in [6, 6.07) is -0.180. The van der Waals surface area contributed by atoms with Crippen molar-refractivity contribution in [1.82, 2.24) is 9.80 Å². The molecule has 0 spiro atoms. The van der Waals surface area contributed by atoms with Crippen LogP contribution in [0.25, 0.3) is 0 Å². The lowest BCUT2D eigenvalue weighted by molar-refractivity contribution is -0.142. The lowest BCUT2D eigenvalue weighted by atomic mass is 9.99. The van der Waals surface area contributed by atoms with E-state index in [1.54, 1.807) is 11.9 Å². The molecule has 2 aliphatic rings. The smallest absolute Gasteiger partial charge is 0.319 e. The summed E-state index contributed by atoms with van der Waals surface area (Å²) in [5.74, 6) is -1.36. The van der Waals surface area contributed by atoms with E-state index in [-0.39, 0.29) is 18.5 Å². The van der Waals surface area contributed by atoms with Crippen LogP contribution in [0.4, 0.5) is 4.79 Å². The van der Waals surface area contributed by atoms with Gasteiger partial charge in [0.1, 0.15) is 0 Å². The molecule has 0 aromatic rings. The first-order valence-corrected chi connectivity index (χ1v) is 7.28. The molecule has 2 fully saturated rings. The Morgan fingerprint density at radius 1 is 1.30 bits per heavy atom. The minimum atomic E-state index is -0.843. The van der Waals surface area contributed by atoms with E-state index in [0.717, 1.165) is 25.7 Å². The molecular weight excluding hydrogens is 260 g/mol. The van der Waals surface area contributed by atoms with Crippen molar-refractivity contribution < 1.29 is 19.8 Å². The largest absolute Gasteiger partial charge is 0.481 e. The van der Waals surface area contributed by atoms with E-state index in [1.165, 1.54) is 4.90 Å². The van der Waals surface area contributed by atoms with Crippen LogP contribution in [-0.2, 0) is 4.79 Å². The lowest BCUT2D eigenvalue weighted by Gasteiger charge is -2.31. The fourth-order valence-corrected chi connectivity index (χ4v) is 3.39. The summed E-state index contributed by atoms with van der Waals surface area (Å²) in [4.78, 5) is 26.5. The van der Waals surface area contributed by atoms with Crippen LogP contribution < -0.4 is 0 Å². The number of urea groups is 1. The number of hydrogen-bond acceptors (Lipinski definition) is 3. The first kappa shape index (κ1) is 15.1. The number of rotatable bonds is 3. The number of aliphatic carboxylic acids is 1. The summed E-state index contributed by atoms with van der Waals surface area (Å²) in [6.45, 7) is 2.92. The third-order valence-electron chi connectivity index (χ3n) is 4.59. The molecule has 1 aliphatic carbocycles. The van der Waals surface area contributed by atoms with Crippen LogP contribution in [0, 0.1) is 11.8 Å². The predicted molar refractivity (Wildman–Crippen MR) is 73.3 cm³/mol. The minimum absolute atomic E-state index is 0.0283. The first-order valence-electron chi connectivity index (χ1n) is 7.28. The predicted octanol–water partition coefficient (Wildman–Crippen LogP) is 0.996. The van der Waals surface area contributed by atoms with Crippen molar-refractivity contribution in [2.24, 2.45) is 11.8 Å². The number of likely N-dealkylation sites (tertiary alicyclic amines) is 1. The average Bonchev–Trinajstić information content (AvgIpc) is 2.94. The highest BCUT2D eigenvalue weighted by Gasteiger charge is 2.39. The summed E-state index contributed by atoms with van der Waals surface area (Å²) in [5, 5.41) is 19.4. The molecule has 0 bridgehead atoms. The topological polar surface area (TPSA) is 81.1 Å². The van der Waals surface area contributed by atoms with Crippen LogP contribution in [0.5, 0.6) is 0 Å². The number of carbonyl (C=O) groups is 2. The molecule has 0 aromatic carbocycles. The van der Waals surface area contributed by atoms with Crippen molar-refractivity contribution in [3.63, 3.8) is 0 Å². The van der Waals surface area contributed by atoms with Crippen LogP contribution in [0.3, 0.4) is 0 Å². The van der Waals surface area contributed by atoms with Gasteiger partial charge in [-0.15, -0.1) is 0 Å². The van der Waals surface area contributed by atoms with Gasteiger partial charge in [-0.05, 0) is 18.8 Å². The highest BCUT2D eigenvalue weighted by Crippen LogP contribution is 2.30. The van der Waals surface area contributed by atoms with Crippen molar-refractivity contribution in [2.75, 3.05) is 26.7 Å². The summed E-state index contributed by atoms with van der Waals surface area (Å²) < 4.78 is 0. The van der Waals surface area contributed by atoms with Gasteiger partial charge in [0.05, 0.1) is 18.1 Å². The van der Waals surface area contributed by atoms with Gasteiger partial charge in [-0.25, -0.2) is 4.79 Å². The van der Waals surface area contributed by atoms with Gasteiger partial charge in [-0.3, -0.25) is 4.79 Å². The summed E-state index contributed by atoms with van der Waals surface area (Å²) >= 11 is 0. The molecule has 6 nitrogen and oxygen atoms in total. The fraction of sp³-hybridized carbons (Fsp3) is 0.857. The first-order chi connectivity index (χ1) is 9.32. The Hall–Kier alpha value is -1.30. The van der Waals surface area contributed by atoms with Gasteiger partial charge >= 0.3 is 12.0 Å². The molecule has 1 heterocycles. The van der Waals surface area contributed by atoms with Crippen LogP contribution in [-0.4, -0.2) is 64.3 Å². The quantitative estimate of drug-likeness (QED) is 0.810. The molecule has 2 rings (SSSR count). The van der Waals surface area contributed by atoms with Gasteiger partial charge in [0.2, 0.25) is 0 Å². The van der Waals surface area contributed by atoms with Crippen molar-refractivity contribution in [3.8, 4) is 0 Å². The maximum Gasteiger partial charge on any atom is 0.319 e. The molecule has 2 N–H and O–H groups in total. The maximum absolute atomic E-state index is 12.3. The van der Waals surface area contributed by atoms with E-state index >= 15 is 0 Å². The van der Waals surface area contributed by atoms with Gasteiger partial charge in [0.15, 0.2) is 0 Å². The van der Waals surface area contributed by atoms with Crippen molar-refractivity contribution in [2.45, 2.75) is 38.2 Å². The molecule has 2 atom stereocenters. The molecular formula is C14H24N2O4. The van der Waals surface area contributed by atoms with Gasteiger partial charge in [0.25, 0.3) is 0 Å². The number of likely N-dealkylation sites (N-methyl/N-ethyl adjacent to an activating group) is 1. The van der Waals surface area contributed by atoms with Crippen molar-refractivity contribution in [3.05, 3.63) is 0 Å². The molecule has 1 saturated carbocycles. The monoisotopic (exact) mass is 284 g/mol. The Morgan fingerprint density at radius 2 is 1.90 bits per heavy atom. The Balaban J connectivity index is 1.92. The SMILES string of the molecule is CC1CN(C(=O)N(C)CC2(O)CCCC2)CC1C(=O)O. The van der Waals surface area contributed by atoms with E-state index in [0.29, 0.717) is 13.1 Å². The highest BCUT2D eigenvalue weighted by atomic mass is 16.4. The summed E-state index contributed by atoms with van der Waals surface area (Å²) in [7, 11) is 1.68. The molecule has 2 unspecified atom stereocenters. The van der Waals surface area contributed by atoms with Gasteiger partial charge in [0, 0.05) is 20.1 Å². The molecule has 2 amide bonds. The Bertz CT molecular complexity index is 393. The molecule has 20 heavy (non-hydrogen) atoms. The normalized spacial score (nSPS) is 28.6. The Kier molecular flexibility index (Phi) is 4.22. The van der Waals surface area contributed by atoms with Crippen LogP contribution in [0.1, 0.15) is 32.6 Å². The van der Waals surface area contributed by atoms with Crippen LogP contribution >= 0.6 is 0 Å². The maximum atomic E-state index is 12.3. The van der Waals surface area contributed by atoms with Crippen molar-refractivity contribution >= 4 is 12.0 Å². The third kappa shape index (κ3) is 3.06. The van der Waals surface area contributed by atoms with E-state index in [9.17, 15) is 14.7 Å². The Labute approximate surface area is 119 Å². The number of amides is 2. The third-order valence-corrected chi connectivity index (χ3v) is 4.59. The lowest BCUT2D eigenvalue weighted by Crippen LogP contribution is -2.47. The second kappa shape index (κ2) is 5.60. The summed E-state index contributed by atoms with van der Waals surface area (Å²) in [6.07, 6.45) is 3.47. The van der Waals surface area contributed by atoms with E-state index in [2.05, 4.69) is 0 Å². The zero-order valence-corrected chi connectivity index (χ0v) is 12.2. The van der Waals surface area contributed by atoms with Crippen molar-refractivity contribution in [1.29, 1.82) is 0 Å². The van der Waals surface area contributed by atoms with Gasteiger partial charge < -0.3 is 20.0 Å². The zero-order chi connectivity index (χ0) is 14.9. The summed E-state index contributed by atoms with van der Waals surface area (Å²) in [5.41, 5.74) is -0.762. The highest BCUT2D eigenvalue weighted by molar-refractivity contribution is 5.77. The number of nitrogens with zero attached hydrogens (tertiary/aromatic N) is 2. The number of hydrogen-bond donors (Lipinski definition) is 2. The van der Waals surface area contributed by atoms with E-state index < -0.39 is 17.5 Å². The molecule has 1 aliphatic heterocycles. The average molecular weight is 284 g/mol. The molecule has 114 valence electrons. The fourth-order valence-electron chi connectivity index (χ4n) is 3.39. The molecule has 0 aromatic heterocycles. The Morgan fingerprint density at radius 3 is 2.40 bits per heavy atom. The zero-order valence-electron chi connectivity index (χ0n) is 12.2. The van der Waals surface area contributed by atoms with E-state index in [4.69, 9.17) is 5.11 Å². The number of carboxylic acids is 1. The number of carbonyl (C=O) groups excluding carboxylic acids is 1. The van der Waals surface area contributed by atoms with Gasteiger partial charge in [-0.2, -0.15) is 0 Å². The number of aliphatic hydroxyl groups is 1. The van der Waals surface area contributed by atoms with Crippen LogP contribution in [0.2, 0.25) is 0 Å². The van der Waals surface area contributed by atoms with E-state index in [1.807, 2.05) is 6.92 Å². The molecule has 1 saturated heterocycles. The molecule has 0 radical (unpaired) electrons. The second-order valence-electron chi connectivity index (χ2n) is 6.40. The van der Waals surface area contributed by atoms with Gasteiger partial charge in [-0.1, -0.05) is 19.8 Å². The second-order valence-corrected chi connectivity index (χ2v) is 6.40. The van der Waals surface area contributed by atoms with Crippen LogP contribution in [0.15, 0.2) is 0 Å². The minimum Gasteiger partial charge on any atom is -0.481 e.